The van der Waals surface area contributed by atoms with Crippen molar-refractivity contribution in [2.75, 3.05) is 13.7 Å². The molecule has 1 saturated carbocycles. The van der Waals surface area contributed by atoms with Crippen LogP contribution >= 0.6 is 0 Å². The molecule has 0 bridgehead atoms. The molecular weight excluding hydrogens is 512 g/mol. The van der Waals surface area contributed by atoms with Crippen molar-refractivity contribution in [3.63, 3.8) is 0 Å². The molecule has 0 radical (unpaired) electrons. The first-order valence-corrected chi connectivity index (χ1v) is 13.4. The second-order valence-electron chi connectivity index (χ2n) is 10.9. The molecule has 1 N–H and O–H groups in total. The Kier molecular flexibility index (Phi) is 8.04. The van der Waals surface area contributed by atoms with Gasteiger partial charge >= 0.3 is 5.97 Å². The summed E-state index contributed by atoms with van der Waals surface area (Å²) in [5.74, 6) is 1.29. The Labute approximate surface area is 233 Å². The molecule has 2 aromatic carbocycles. The first-order chi connectivity index (χ1) is 19.2. The van der Waals surface area contributed by atoms with Gasteiger partial charge in [-0.3, -0.25) is 0 Å². The summed E-state index contributed by atoms with van der Waals surface area (Å²) in [4.78, 5) is 21.0. The summed E-state index contributed by atoms with van der Waals surface area (Å²) >= 11 is 0. The fraction of sp³-hybridized carbons (Fsp3) is 0.387. The minimum absolute atomic E-state index is 0.192. The molecule has 9 nitrogen and oxygen atoms in total. The van der Waals surface area contributed by atoms with Crippen molar-refractivity contribution in [1.29, 1.82) is 0 Å². The molecule has 0 unspecified atom stereocenters. The van der Waals surface area contributed by atoms with E-state index in [1.807, 2.05) is 54.6 Å². The van der Waals surface area contributed by atoms with Gasteiger partial charge in [0, 0.05) is 24.0 Å². The number of ether oxygens (including phenoxy) is 4. The number of nitrogens with zero attached hydrogens (tertiary/aromatic N) is 2. The third-order valence-electron chi connectivity index (χ3n) is 6.60. The lowest BCUT2D eigenvalue weighted by atomic mass is 9.92. The Hall–Kier alpha value is -3.95. The van der Waals surface area contributed by atoms with Crippen LogP contribution in [-0.2, 0) is 14.3 Å². The molecule has 1 fully saturated rings. The Morgan fingerprint density at radius 1 is 0.975 bits per heavy atom. The molecular formula is C31H34N2O7. The molecule has 0 spiro atoms. The lowest BCUT2D eigenvalue weighted by Crippen LogP contribution is -2.39. The van der Waals surface area contributed by atoms with E-state index in [-0.39, 0.29) is 12.7 Å². The fourth-order valence-electron chi connectivity index (χ4n) is 4.96. The number of furan rings is 1. The van der Waals surface area contributed by atoms with Gasteiger partial charge in [-0.2, -0.15) is 0 Å². The van der Waals surface area contributed by atoms with E-state index in [4.69, 9.17) is 23.4 Å². The minimum atomic E-state index is -0.648. The Bertz CT molecular complexity index is 1440. The van der Waals surface area contributed by atoms with E-state index < -0.39 is 23.8 Å². The summed E-state index contributed by atoms with van der Waals surface area (Å²) in [5.41, 5.74) is 2.37. The third kappa shape index (κ3) is 6.43. The zero-order valence-corrected chi connectivity index (χ0v) is 23.1. The SMILES string of the molecule is COc1ccc(-c2c(-c3ccccc3)oc3ncnc(O[C@H]4C[C@@H](O)C[C@@H](OCC(=O)OC(C)(C)C)C4)c23)cc1. The third-order valence-corrected chi connectivity index (χ3v) is 6.60. The first-order valence-electron chi connectivity index (χ1n) is 13.4. The van der Waals surface area contributed by atoms with Crippen molar-refractivity contribution < 1.29 is 33.3 Å². The number of fused-ring (bicyclic) bond motifs is 1. The summed E-state index contributed by atoms with van der Waals surface area (Å²) in [5, 5.41) is 11.2. The summed E-state index contributed by atoms with van der Waals surface area (Å²) in [7, 11) is 1.63. The Morgan fingerprint density at radius 3 is 2.40 bits per heavy atom. The Morgan fingerprint density at radius 2 is 1.70 bits per heavy atom. The summed E-state index contributed by atoms with van der Waals surface area (Å²) < 4.78 is 29.2. The molecule has 1 aliphatic carbocycles. The van der Waals surface area contributed by atoms with Crippen LogP contribution in [0.1, 0.15) is 40.0 Å². The van der Waals surface area contributed by atoms with E-state index in [9.17, 15) is 9.90 Å². The minimum Gasteiger partial charge on any atom is -0.497 e. The average molecular weight is 547 g/mol. The predicted molar refractivity (Wildman–Crippen MR) is 149 cm³/mol. The van der Waals surface area contributed by atoms with Crippen LogP contribution in [0, 0.1) is 0 Å². The predicted octanol–water partition coefficient (Wildman–Crippen LogP) is 5.58. The maximum absolute atomic E-state index is 12.2. The van der Waals surface area contributed by atoms with Crippen molar-refractivity contribution in [2.45, 2.75) is 63.9 Å². The molecule has 0 aliphatic heterocycles. The fourth-order valence-corrected chi connectivity index (χ4v) is 4.96. The van der Waals surface area contributed by atoms with Gasteiger partial charge in [-0.05, 0) is 44.9 Å². The van der Waals surface area contributed by atoms with Gasteiger partial charge in [0.2, 0.25) is 11.6 Å². The van der Waals surface area contributed by atoms with E-state index in [0.717, 1.165) is 22.4 Å². The van der Waals surface area contributed by atoms with Gasteiger partial charge in [-0.15, -0.1) is 0 Å². The number of hydrogen-bond donors (Lipinski definition) is 1. The highest BCUT2D eigenvalue weighted by Crippen LogP contribution is 2.44. The number of aliphatic hydroxyl groups excluding tert-OH is 1. The van der Waals surface area contributed by atoms with Gasteiger partial charge < -0.3 is 28.5 Å². The second-order valence-corrected chi connectivity index (χ2v) is 10.9. The van der Waals surface area contributed by atoms with Crippen LogP contribution in [0.5, 0.6) is 11.6 Å². The molecule has 2 aromatic heterocycles. The highest BCUT2D eigenvalue weighted by atomic mass is 16.6. The largest absolute Gasteiger partial charge is 0.497 e. The number of carbonyl (C=O) groups is 1. The number of benzene rings is 2. The number of hydrogen-bond acceptors (Lipinski definition) is 9. The van der Waals surface area contributed by atoms with Crippen LogP contribution in [0.4, 0.5) is 0 Å². The van der Waals surface area contributed by atoms with Crippen LogP contribution in [0.25, 0.3) is 33.6 Å². The van der Waals surface area contributed by atoms with Gasteiger partial charge in [0.05, 0.1) is 19.3 Å². The van der Waals surface area contributed by atoms with Crippen LogP contribution in [0.3, 0.4) is 0 Å². The second kappa shape index (κ2) is 11.7. The van der Waals surface area contributed by atoms with E-state index in [0.29, 0.717) is 42.0 Å². The summed E-state index contributed by atoms with van der Waals surface area (Å²) in [6.07, 6.45) is 1.27. The normalized spacial score (nSPS) is 19.4. The van der Waals surface area contributed by atoms with Gasteiger partial charge in [-0.25, -0.2) is 14.8 Å². The van der Waals surface area contributed by atoms with Gasteiger partial charge in [-0.1, -0.05) is 42.5 Å². The summed E-state index contributed by atoms with van der Waals surface area (Å²) in [6.45, 7) is 5.23. The van der Waals surface area contributed by atoms with E-state index in [1.54, 1.807) is 27.9 Å². The average Bonchev–Trinajstić information content (AvgIpc) is 3.32. The molecule has 9 heteroatoms. The molecule has 0 saturated heterocycles. The van der Waals surface area contributed by atoms with Gasteiger partial charge in [0.25, 0.3) is 0 Å². The zero-order chi connectivity index (χ0) is 28.3. The lowest BCUT2D eigenvalue weighted by molar-refractivity contribution is -0.164. The van der Waals surface area contributed by atoms with Crippen LogP contribution in [0.2, 0.25) is 0 Å². The van der Waals surface area contributed by atoms with E-state index in [2.05, 4.69) is 9.97 Å². The van der Waals surface area contributed by atoms with Crippen molar-refractivity contribution >= 4 is 17.1 Å². The highest BCUT2D eigenvalue weighted by Gasteiger charge is 2.32. The zero-order valence-electron chi connectivity index (χ0n) is 23.1. The molecule has 3 atom stereocenters. The summed E-state index contributed by atoms with van der Waals surface area (Å²) in [6, 6.07) is 17.5. The van der Waals surface area contributed by atoms with Crippen molar-refractivity contribution in [2.24, 2.45) is 0 Å². The monoisotopic (exact) mass is 546 g/mol. The number of carbonyl (C=O) groups excluding carboxylic acids is 1. The van der Waals surface area contributed by atoms with Crippen LogP contribution < -0.4 is 9.47 Å². The molecule has 2 heterocycles. The highest BCUT2D eigenvalue weighted by molar-refractivity contribution is 6.03. The molecule has 4 aromatic rings. The standard InChI is InChI=1S/C31H34N2O7/c1-31(2,3)40-25(35)17-37-23-14-21(34)15-24(16-23)38-29-27-26(19-10-12-22(36-4)13-11-19)28(20-8-6-5-7-9-20)39-30(27)33-18-32-29/h5-13,18,21,23-24,34H,14-17H2,1-4H3/t21-,23+,24-/m0/s1. The first kappa shape index (κ1) is 27.6. The van der Waals surface area contributed by atoms with E-state index in [1.165, 1.54) is 6.33 Å². The van der Waals surface area contributed by atoms with Gasteiger partial charge in [0.1, 0.15) is 41.5 Å². The number of aromatic nitrogens is 2. The van der Waals surface area contributed by atoms with Crippen molar-refractivity contribution in [1.82, 2.24) is 9.97 Å². The maximum atomic E-state index is 12.2. The molecule has 5 rings (SSSR count). The molecule has 0 amide bonds. The van der Waals surface area contributed by atoms with Crippen molar-refractivity contribution in [3.8, 4) is 34.1 Å². The smallest absolute Gasteiger partial charge is 0.332 e. The van der Waals surface area contributed by atoms with Crippen LogP contribution in [-0.4, -0.2) is 58.7 Å². The maximum Gasteiger partial charge on any atom is 0.332 e. The number of rotatable bonds is 8. The quantitative estimate of drug-likeness (QED) is 0.283. The molecule has 1 aliphatic rings. The number of esters is 1. The van der Waals surface area contributed by atoms with E-state index >= 15 is 0 Å². The van der Waals surface area contributed by atoms with Crippen LogP contribution in [0.15, 0.2) is 65.3 Å². The topological polar surface area (TPSA) is 113 Å². The molecule has 40 heavy (non-hydrogen) atoms. The van der Waals surface area contributed by atoms with Gasteiger partial charge in [0.15, 0.2) is 0 Å². The molecule has 210 valence electrons. The lowest BCUT2D eigenvalue weighted by Gasteiger charge is -2.32. The number of aliphatic hydroxyl groups is 1. The number of methoxy groups -OCH3 is 1. The van der Waals surface area contributed by atoms with Crippen molar-refractivity contribution in [3.05, 3.63) is 60.9 Å². The Balaban J connectivity index is 1.45.